The molecule has 140 valence electrons. The SMILES string of the molecule is NCC1CCN(C(=O)c2oc3ccccc3c2CSc2ccc(F)cc2)C1. The molecule has 2 N–H and O–H groups in total. The predicted molar refractivity (Wildman–Crippen MR) is 105 cm³/mol. The van der Waals surface area contributed by atoms with Crippen LogP contribution < -0.4 is 5.73 Å². The van der Waals surface area contributed by atoms with Crippen molar-refractivity contribution in [1.29, 1.82) is 0 Å². The molecule has 0 aliphatic carbocycles. The fraction of sp³-hybridized carbons (Fsp3) is 0.286. The third-order valence-corrected chi connectivity index (χ3v) is 6.03. The van der Waals surface area contributed by atoms with Gasteiger partial charge in [0.2, 0.25) is 0 Å². The number of para-hydroxylation sites is 1. The summed E-state index contributed by atoms with van der Waals surface area (Å²) in [5.41, 5.74) is 7.36. The van der Waals surface area contributed by atoms with Gasteiger partial charge in [0.05, 0.1) is 0 Å². The van der Waals surface area contributed by atoms with Gasteiger partial charge in [-0.15, -0.1) is 11.8 Å². The van der Waals surface area contributed by atoms with E-state index >= 15 is 0 Å². The minimum absolute atomic E-state index is 0.0724. The Kier molecular flexibility index (Phi) is 5.18. The highest BCUT2D eigenvalue weighted by molar-refractivity contribution is 7.98. The molecule has 1 aliphatic heterocycles. The molecular formula is C21H21FN2O2S. The Morgan fingerprint density at radius 2 is 2.00 bits per heavy atom. The summed E-state index contributed by atoms with van der Waals surface area (Å²) < 4.78 is 19.1. The Bertz CT molecular complexity index is 954. The third kappa shape index (κ3) is 3.73. The molecule has 4 nitrogen and oxygen atoms in total. The zero-order valence-electron chi connectivity index (χ0n) is 14.9. The average molecular weight is 384 g/mol. The molecule has 1 atom stereocenters. The van der Waals surface area contributed by atoms with Gasteiger partial charge in [-0.2, -0.15) is 0 Å². The van der Waals surface area contributed by atoms with E-state index in [0.717, 1.165) is 22.3 Å². The van der Waals surface area contributed by atoms with Crippen LogP contribution >= 0.6 is 11.8 Å². The monoisotopic (exact) mass is 384 g/mol. The van der Waals surface area contributed by atoms with Gasteiger partial charge < -0.3 is 15.1 Å². The molecule has 6 heteroatoms. The lowest BCUT2D eigenvalue weighted by molar-refractivity contribution is 0.0757. The average Bonchev–Trinajstić information content (AvgIpc) is 3.32. The molecule has 1 aromatic heterocycles. The molecular weight excluding hydrogens is 363 g/mol. The number of hydrogen-bond donors (Lipinski definition) is 1. The van der Waals surface area contributed by atoms with E-state index in [1.165, 1.54) is 12.1 Å². The molecule has 0 saturated carbocycles. The maximum absolute atomic E-state index is 13.1. The summed E-state index contributed by atoms with van der Waals surface area (Å²) in [5, 5.41) is 0.949. The number of carbonyl (C=O) groups excluding carboxylic acids is 1. The number of furan rings is 1. The van der Waals surface area contributed by atoms with Gasteiger partial charge in [-0.25, -0.2) is 4.39 Å². The number of amides is 1. The number of likely N-dealkylation sites (tertiary alicyclic amines) is 1. The summed E-state index contributed by atoms with van der Waals surface area (Å²) >= 11 is 1.56. The van der Waals surface area contributed by atoms with Crippen molar-refractivity contribution >= 4 is 28.6 Å². The first-order valence-corrected chi connectivity index (χ1v) is 10.0. The van der Waals surface area contributed by atoms with Gasteiger partial charge in [-0.3, -0.25) is 4.79 Å². The third-order valence-electron chi connectivity index (χ3n) is 5.00. The van der Waals surface area contributed by atoms with Crippen molar-refractivity contribution < 1.29 is 13.6 Å². The van der Waals surface area contributed by atoms with Crippen LogP contribution in [0.25, 0.3) is 11.0 Å². The quantitative estimate of drug-likeness (QED) is 0.667. The molecule has 1 amide bonds. The number of carbonyl (C=O) groups is 1. The van der Waals surface area contributed by atoms with Crippen molar-refractivity contribution in [2.24, 2.45) is 11.7 Å². The number of nitrogens with two attached hydrogens (primary N) is 1. The Hall–Kier alpha value is -2.31. The zero-order chi connectivity index (χ0) is 18.8. The summed E-state index contributed by atoms with van der Waals surface area (Å²) in [6.07, 6.45) is 0.933. The van der Waals surface area contributed by atoms with E-state index in [9.17, 15) is 9.18 Å². The van der Waals surface area contributed by atoms with E-state index in [1.807, 2.05) is 29.2 Å². The lowest BCUT2D eigenvalue weighted by Gasteiger charge is -2.15. The molecule has 2 heterocycles. The molecule has 27 heavy (non-hydrogen) atoms. The van der Waals surface area contributed by atoms with E-state index in [4.69, 9.17) is 10.2 Å². The molecule has 0 radical (unpaired) electrons. The molecule has 1 saturated heterocycles. The van der Waals surface area contributed by atoms with Crippen LogP contribution in [0.3, 0.4) is 0 Å². The number of thioether (sulfide) groups is 1. The summed E-state index contributed by atoms with van der Waals surface area (Å²) in [5.74, 6) is 1.01. The van der Waals surface area contributed by atoms with Gasteiger partial charge >= 0.3 is 0 Å². The van der Waals surface area contributed by atoms with Crippen LogP contribution in [0.2, 0.25) is 0 Å². The van der Waals surface area contributed by atoms with Gasteiger partial charge in [0.25, 0.3) is 5.91 Å². The summed E-state index contributed by atoms with van der Waals surface area (Å²) in [7, 11) is 0. The molecule has 4 rings (SSSR count). The second kappa shape index (κ2) is 7.74. The smallest absolute Gasteiger partial charge is 0.289 e. The maximum atomic E-state index is 13.1. The second-order valence-corrected chi connectivity index (χ2v) is 7.84. The number of fused-ring (bicyclic) bond motifs is 1. The molecule has 0 spiro atoms. The molecule has 1 aliphatic rings. The van der Waals surface area contributed by atoms with Crippen molar-refractivity contribution in [2.75, 3.05) is 19.6 Å². The van der Waals surface area contributed by atoms with Gasteiger partial charge in [0, 0.05) is 34.7 Å². The first-order chi connectivity index (χ1) is 13.2. The number of rotatable bonds is 5. The highest BCUT2D eigenvalue weighted by Gasteiger charge is 2.30. The molecule has 1 fully saturated rings. The van der Waals surface area contributed by atoms with Crippen molar-refractivity contribution in [1.82, 2.24) is 4.90 Å². The van der Waals surface area contributed by atoms with Crippen molar-refractivity contribution in [3.8, 4) is 0 Å². The minimum atomic E-state index is -0.257. The highest BCUT2D eigenvalue weighted by Crippen LogP contribution is 2.33. The first kappa shape index (κ1) is 18.1. The van der Waals surface area contributed by atoms with E-state index in [0.29, 0.717) is 42.6 Å². The lowest BCUT2D eigenvalue weighted by Crippen LogP contribution is -2.30. The Balaban J connectivity index is 1.63. The normalized spacial score (nSPS) is 17.0. The summed E-state index contributed by atoms with van der Waals surface area (Å²) in [6, 6.07) is 14.1. The van der Waals surface area contributed by atoms with Crippen LogP contribution in [-0.4, -0.2) is 30.4 Å². The van der Waals surface area contributed by atoms with E-state index in [1.54, 1.807) is 23.9 Å². The van der Waals surface area contributed by atoms with Crippen LogP contribution in [0.4, 0.5) is 4.39 Å². The fourth-order valence-electron chi connectivity index (χ4n) is 3.45. The predicted octanol–water partition coefficient (Wildman–Crippen LogP) is 4.29. The van der Waals surface area contributed by atoms with Gasteiger partial charge in [-0.1, -0.05) is 18.2 Å². The van der Waals surface area contributed by atoms with Gasteiger partial charge in [-0.05, 0) is 49.2 Å². The maximum Gasteiger partial charge on any atom is 0.289 e. The van der Waals surface area contributed by atoms with Gasteiger partial charge in [0.1, 0.15) is 11.4 Å². The topological polar surface area (TPSA) is 59.5 Å². The molecule has 2 aromatic carbocycles. The second-order valence-electron chi connectivity index (χ2n) is 6.79. The van der Waals surface area contributed by atoms with Gasteiger partial charge in [0.15, 0.2) is 5.76 Å². The molecule has 1 unspecified atom stereocenters. The number of halogens is 1. The standard InChI is InChI=1S/C21H21FN2O2S/c22-15-5-7-16(8-6-15)27-13-18-17-3-1-2-4-19(17)26-20(18)21(25)24-10-9-14(11-23)12-24/h1-8,14H,9-13,23H2. The Morgan fingerprint density at radius 1 is 1.22 bits per heavy atom. The summed E-state index contributed by atoms with van der Waals surface area (Å²) in [6.45, 7) is 1.98. The van der Waals surface area contributed by atoms with Crippen LogP contribution in [0, 0.1) is 11.7 Å². The van der Waals surface area contributed by atoms with Crippen molar-refractivity contribution in [2.45, 2.75) is 17.1 Å². The number of hydrogen-bond acceptors (Lipinski definition) is 4. The summed E-state index contributed by atoms with van der Waals surface area (Å²) in [4.78, 5) is 15.9. The van der Waals surface area contributed by atoms with Crippen molar-refractivity contribution in [3.05, 3.63) is 65.7 Å². The van der Waals surface area contributed by atoms with Crippen LogP contribution in [0.5, 0.6) is 0 Å². The number of nitrogens with zero attached hydrogens (tertiary/aromatic N) is 1. The zero-order valence-corrected chi connectivity index (χ0v) is 15.7. The van der Waals surface area contributed by atoms with Crippen LogP contribution in [0.1, 0.15) is 22.5 Å². The van der Waals surface area contributed by atoms with E-state index in [2.05, 4.69) is 0 Å². The van der Waals surface area contributed by atoms with E-state index in [-0.39, 0.29) is 11.7 Å². The largest absolute Gasteiger partial charge is 0.451 e. The molecule has 0 bridgehead atoms. The Morgan fingerprint density at radius 3 is 2.74 bits per heavy atom. The Labute approximate surface area is 161 Å². The lowest BCUT2D eigenvalue weighted by atomic mass is 10.1. The van der Waals surface area contributed by atoms with Crippen LogP contribution in [-0.2, 0) is 5.75 Å². The molecule has 3 aromatic rings. The van der Waals surface area contributed by atoms with E-state index < -0.39 is 0 Å². The van der Waals surface area contributed by atoms with Crippen LogP contribution in [0.15, 0.2) is 57.8 Å². The van der Waals surface area contributed by atoms with Crippen molar-refractivity contribution in [3.63, 3.8) is 0 Å². The fourth-order valence-corrected chi connectivity index (χ4v) is 4.38. The number of benzene rings is 2. The minimum Gasteiger partial charge on any atom is -0.451 e. The first-order valence-electron chi connectivity index (χ1n) is 9.04. The highest BCUT2D eigenvalue weighted by atomic mass is 32.2.